The Hall–Kier alpha value is -1.85. The Balaban J connectivity index is 1.69. The van der Waals surface area contributed by atoms with Gasteiger partial charge in [0.15, 0.2) is 0 Å². The van der Waals surface area contributed by atoms with Crippen LogP contribution < -0.4 is 10.1 Å². The van der Waals surface area contributed by atoms with Crippen LogP contribution in [-0.4, -0.2) is 31.0 Å². The standard InChI is InChI=1S/C20H23BrN2O2/c1-14-8-9-19(25-2)17(11-14)22-20(24)13-23-10-4-7-18(23)15-5-3-6-16(21)12-15/h3,5-6,8-9,11-12,18H,4,7,10,13H2,1-2H3,(H,22,24). The molecule has 3 rings (SSSR count). The van der Waals surface area contributed by atoms with Gasteiger partial charge in [0.2, 0.25) is 5.91 Å². The number of nitrogens with one attached hydrogen (secondary N) is 1. The average molecular weight is 403 g/mol. The molecule has 1 atom stereocenters. The van der Waals surface area contributed by atoms with Gasteiger partial charge in [0.05, 0.1) is 19.3 Å². The van der Waals surface area contributed by atoms with Gasteiger partial charge in [-0.25, -0.2) is 0 Å². The Kier molecular flexibility index (Phi) is 5.76. The predicted molar refractivity (Wildman–Crippen MR) is 104 cm³/mol. The van der Waals surface area contributed by atoms with Crippen LogP contribution in [0.3, 0.4) is 0 Å². The van der Waals surface area contributed by atoms with Gasteiger partial charge in [0.25, 0.3) is 0 Å². The van der Waals surface area contributed by atoms with E-state index in [9.17, 15) is 4.79 Å². The number of ether oxygens (including phenoxy) is 1. The van der Waals surface area contributed by atoms with Crippen LogP contribution in [0, 0.1) is 6.92 Å². The molecule has 1 saturated heterocycles. The van der Waals surface area contributed by atoms with E-state index in [1.807, 2.05) is 37.3 Å². The van der Waals surface area contributed by atoms with Crippen molar-refractivity contribution >= 4 is 27.5 Å². The van der Waals surface area contributed by atoms with E-state index in [0.29, 0.717) is 18.3 Å². The van der Waals surface area contributed by atoms with Gasteiger partial charge in [-0.15, -0.1) is 0 Å². The lowest BCUT2D eigenvalue weighted by atomic mass is 10.0. The highest BCUT2D eigenvalue weighted by molar-refractivity contribution is 9.10. The van der Waals surface area contributed by atoms with Crippen molar-refractivity contribution in [2.45, 2.75) is 25.8 Å². The fraction of sp³-hybridized carbons (Fsp3) is 0.350. The zero-order chi connectivity index (χ0) is 17.8. The minimum absolute atomic E-state index is 0.00852. The summed E-state index contributed by atoms with van der Waals surface area (Å²) in [4.78, 5) is 14.8. The first-order chi connectivity index (χ1) is 12.1. The van der Waals surface area contributed by atoms with Crippen LogP contribution in [0.5, 0.6) is 5.75 Å². The zero-order valence-corrected chi connectivity index (χ0v) is 16.2. The second-order valence-electron chi connectivity index (χ2n) is 6.44. The van der Waals surface area contributed by atoms with Gasteiger partial charge in [-0.05, 0) is 61.7 Å². The summed E-state index contributed by atoms with van der Waals surface area (Å²) in [6, 6.07) is 14.4. The van der Waals surface area contributed by atoms with E-state index in [1.54, 1.807) is 7.11 Å². The molecule has 4 nitrogen and oxygen atoms in total. The van der Waals surface area contributed by atoms with Crippen molar-refractivity contribution in [1.82, 2.24) is 4.90 Å². The molecule has 0 aliphatic carbocycles. The number of carbonyl (C=O) groups excluding carboxylic acids is 1. The van der Waals surface area contributed by atoms with Crippen LogP contribution in [0.1, 0.15) is 30.0 Å². The number of benzene rings is 2. The summed E-state index contributed by atoms with van der Waals surface area (Å²) in [7, 11) is 1.62. The fourth-order valence-corrected chi connectivity index (χ4v) is 3.82. The van der Waals surface area contributed by atoms with Gasteiger partial charge in [-0.2, -0.15) is 0 Å². The van der Waals surface area contributed by atoms with E-state index in [1.165, 1.54) is 5.56 Å². The second kappa shape index (κ2) is 8.02. The van der Waals surface area contributed by atoms with Crippen LogP contribution in [-0.2, 0) is 4.79 Å². The average Bonchev–Trinajstić information content (AvgIpc) is 3.03. The number of hydrogen-bond donors (Lipinski definition) is 1. The van der Waals surface area contributed by atoms with Crippen molar-refractivity contribution in [2.24, 2.45) is 0 Å². The Labute approximate surface area is 157 Å². The van der Waals surface area contributed by atoms with Crippen LogP contribution in [0.15, 0.2) is 46.9 Å². The number of rotatable bonds is 5. The van der Waals surface area contributed by atoms with Crippen molar-refractivity contribution in [3.63, 3.8) is 0 Å². The monoisotopic (exact) mass is 402 g/mol. The van der Waals surface area contributed by atoms with E-state index in [4.69, 9.17) is 4.74 Å². The molecule has 25 heavy (non-hydrogen) atoms. The molecule has 0 radical (unpaired) electrons. The van der Waals surface area contributed by atoms with Gasteiger partial charge < -0.3 is 10.1 Å². The molecule has 5 heteroatoms. The minimum Gasteiger partial charge on any atom is -0.495 e. The number of aryl methyl sites for hydroxylation is 1. The molecule has 0 spiro atoms. The van der Waals surface area contributed by atoms with E-state index in [2.05, 4.69) is 38.3 Å². The Morgan fingerprint density at radius 2 is 2.16 bits per heavy atom. The van der Waals surface area contributed by atoms with Crippen molar-refractivity contribution in [2.75, 3.05) is 25.5 Å². The van der Waals surface area contributed by atoms with Gasteiger partial charge in [0.1, 0.15) is 5.75 Å². The van der Waals surface area contributed by atoms with Crippen molar-refractivity contribution in [1.29, 1.82) is 0 Å². The van der Waals surface area contributed by atoms with Crippen molar-refractivity contribution in [3.8, 4) is 5.75 Å². The lowest BCUT2D eigenvalue weighted by Gasteiger charge is -2.24. The molecule has 2 aromatic carbocycles. The van der Waals surface area contributed by atoms with Crippen molar-refractivity contribution < 1.29 is 9.53 Å². The summed E-state index contributed by atoms with van der Waals surface area (Å²) < 4.78 is 6.42. The highest BCUT2D eigenvalue weighted by Gasteiger charge is 2.27. The van der Waals surface area contributed by atoms with Gasteiger partial charge in [-0.1, -0.05) is 34.1 Å². The Bertz CT molecular complexity index is 763. The molecule has 2 aromatic rings. The molecule has 0 saturated carbocycles. The highest BCUT2D eigenvalue weighted by Crippen LogP contribution is 2.33. The van der Waals surface area contributed by atoms with Crippen LogP contribution in [0.2, 0.25) is 0 Å². The maximum absolute atomic E-state index is 12.6. The fourth-order valence-electron chi connectivity index (χ4n) is 3.40. The largest absolute Gasteiger partial charge is 0.495 e. The molecule has 1 fully saturated rings. The third-order valence-corrected chi connectivity index (χ3v) is 5.07. The van der Waals surface area contributed by atoms with E-state index in [-0.39, 0.29) is 5.91 Å². The maximum atomic E-state index is 12.6. The van der Waals surface area contributed by atoms with E-state index < -0.39 is 0 Å². The van der Waals surface area contributed by atoms with E-state index >= 15 is 0 Å². The number of carbonyl (C=O) groups is 1. The maximum Gasteiger partial charge on any atom is 0.238 e. The second-order valence-corrected chi connectivity index (χ2v) is 7.35. The molecular formula is C20H23BrN2O2. The molecular weight excluding hydrogens is 380 g/mol. The molecule has 1 unspecified atom stereocenters. The van der Waals surface area contributed by atoms with Crippen LogP contribution in [0.4, 0.5) is 5.69 Å². The Morgan fingerprint density at radius 1 is 1.32 bits per heavy atom. The summed E-state index contributed by atoms with van der Waals surface area (Å²) in [6.45, 7) is 3.32. The number of amides is 1. The number of anilines is 1. The first-order valence-corrected chi connectivity index (χ1v) is 9.30. The highest BCUT2D eigenvalue weighted by atomic mass is 79.9. The summed E-state index contributed by atoms with van der Waals surface area (Å²) in [6.07, 6.45) is 2.19. The molecule has 0 aromatic heterocycles. The van der Waals surface area contributed by atoms with Gasteiger partial charge in [-0.3, -0.25) is 9.69 Å². The first kappa shape index (κ1) is 18.0. The van der Waals surface area contributed by atoms with E-state index in [0.717, 1.165) is 35.1 Å². The Morgan fingerprint density at radius 3 is 2.92 bits per heavy atom. The van der Waals surface area contributed by atoms with Gasteiger partial charge in [0, 0.05) is 10.5 Å². The first-order valence-electron chi connectivity index (χ1n) is 8.51. The van der Waals surface area contributed by atoms with Gasteiger partial charge >= 0.3 is 0 Å². The van der Waals surface area contributed by atoms with Crippen molar-refractivity contribution in [3.05, 3.63) is 58.1 Å². The number of likely N-dealkylation sites (tertiary alicyclic amines) is 1. The van der Waals surface area contributed by atoms with Crippen LogP contribution >= 0.6 is 15.9 Å². The summed E-state index contributed by atoms with van der Waals surface area (Å²) in [5.41, 5.74) is 3.07. The molecule has 1 N–H and O–H groups in total. The SMILES string of the molecule is COc1ccc(C)cc1NC(=O)CN1CCCC1c1cccc(Br)c1. The lowest BCUT2D eigenvalue weighted by molar-refractivity contribution is -0.117. The number of halogens is 1. The number of nitrogens with zero attached hydrogens (tertiary/aromatic N) is 1. The molecule has 132 valence electrons. The molecule has 1 amide bonds. The zero-order valence-electron chi connectivity index (χ0n) is 14.6. The molecule has 1 aliphatic heterocycles. The molecule has 1 aliphatic rings. The summed E-state index contributed by atoms with van der Waals surface area (Å²) in [5.74, 6) is 0.676. The minimum atomic E-state index is -0.00852. The molecule has 1 heterocycles. The summed E-state index contributed by atoms with van der Waals surface area (Å²) >= 11 is 3.54. The smallest absolute Gasteiger partial charge is 0.238 e. The topological polar surface area (TPSA) is 41.6 Å². The molecule has 0 bridgehead atoms. The quantitative estimate of drug-likeness (QED) is 0.797. The third kappa shape index (κ3) is 4.41. The number of hydrogen-bond acceptors (Lipinski definition) is 3. The summed E-state index contributed by atoms with van der Waals surface area (Å²) in [5, 5.41) is 3.00. The third-order valence-electron chi connectivity index (χ3n) is 4.57. The number of methoxy groups -OCH3 is 1. The predicted octanol–water partition coefficient (Wildman–Crippen LogP) is 4.54. The normalized spacial score (nSPS) is 17.5. The van der Waals surface area contributed by atoms with Crippen LogP contribution in [0.25, 0.3) is 0 Å². The lowest BCUT2D eigenvalue weighted by Crippen LogP contribution is -2.33.